The largest absolute Gasteiger partial charge is 0.480 e. The Hall–Kier alpha value is -1.24. The fraction of sp³-hybridized carbons (Fsp3) is 0.786. The molecule has 0 aliphatic carbocycles. The molecule has 2 N–H and O–H groups in total. The lowest BCUT2D eigenvalue weighted by Crippen LogP contribution is -2.39. The Labute approximate surface area is 130 Å². The maximum Gasteiger partial charge on any atom is 0.326 e. The number of nitrogens with one attached hydrogen (secondary N) is 1. The van der Waals surface area contributed by atoms with Gasteiger partial charge in [-0.25, -0.2) is 4.79 Å². The van der Waals surface area contributed by atoms with Crippen molar-refractivity contribution in [3.05, 3.63) is 0 Å². The second-order valence-corrected chi connectivity index (χ2v) is 5.89. The third-order valence-electron chi connectivity index (χ3n) is 3.02. The molecular weight excluding hydrogens is 292 g/mol. The normalized spacial score (nSPS) is 11.8. The summed E-state index contributed by atoms with van der Waals surface area (Å²) in [4.78, 5) is 35.3. The molecule has 0 radical (unpaired) electrons. The number of aliphatic carboxylic acids is 1. The van der Waals surface area contributed by atoms with Gasteiger partial charge in [0.05, 0.1) is 0 Å². The third kappa shape index (κ3) is 9.33. The van der Waals surface area contributed by atoms with E-state index in [1.54, 1.807) is 11.8 Å². The van der Waals surface area contributed by atoms with E-state index < -0.39 is 12.0 Å². The van der Waals surface area contributed by atoms with Gasteiger partial charge < -0.3 is 15.3 Å². The summed E-state index contributed by atoms with van der Waals surface area (Å²) in [7, 11) is 0. The van der Waals surface area contributed by atoms with Gasteiger partial charge in [-0.1, -0.05) is 0 Å². The zero-order valence-electron chi connectivity index (χ0n) is 13.1. The molecule has 6 nitrogen and oxygen atoms in total. The van der Waals surface area contributed by atoms with Crippen LogP contribution in [0.2, 0.25) is 0 Å². The summed E-state index contributed by atoms with van der Waals surface area (Å²) in [5.74, 6) is 0.290. The molecule has 0 spiro atoms. The number of thioether (sulfide) groups is 1. The quantitative estimate of drug-likeness (QED) is 0.562. The van der Waals surface area contributed by atoms with Crippen molar-refractivity contribution in [3.63, 3.8) is 0 Å². The molecule has 7 heteroatoms. The average Bonchev–Trinajstić information content (AvgIpc) is 2.41. The highest BCUT2D eigenvalue weighted by Crippen LogP contribution is 2.09. The van der Waals surface area contributed by atoms with E-state index in [1.165, 1.54) is 6.92 Å². The van der Waals surface area contributed by atoms with Crippen LogP contribution >= 0.6 is 11.8 Å². The van der Waals surface area contributed by atoms with Crippen LogP contribution in [0.1, 0.15) is 40.0 Å². The molecule has 0 saturated heterocycles. The van der Waals surface area contributed by atoms with Crippen LogP contribution in [0.5, 0.6) is 0 Å². The summed E-state index contributed by atoms with van der Waals surface area (Å²) in [6.07, 6.45) is 1.71. The molecule has 0 fully saturated rings. The van der Waals surface area contributed by atoms with Crippen molar-refractivity contribution in [1.29, 1.82) is 0 Å². The lowest BCUT2D eigenvalue weighted by atomic mass is 10.2. The van der Waals surface area contributed by atoms with E-state index in [0.29, 0.717) is 18.6 Å². The maximum atomic E-state index is 11.7. The van der Waals surface area contributed by atoms with Gasteiger partial charge >= 0.3 is 5.97 Å². The molecule has 0 saturated carbocycles. The predicted molar refractivity (Wildman–Crippen MR) is 84.3 cm³/mol. The van der Waals surface area contributed by atoms with Crippen LogP contribution in [-0.2, 0) is 14.4 Å². The van der Waals surface area contributed by atoms with E-state index in [0.717, 1.165) is 25.3 Å². The molecular formula is C14H26N2O4S. The van der Waals surface area contributed by atoms with Gasteiger partial charge in [-0.05, 0) is 38.2 Å². The zero-order chi connectivity index (χ0) is 16.3. The summed E-state index contributed by atoms with van der Waals surface area (Å²) < 4.78 is 0. The number of carboxylic acid groups (broad SMARTS) is 1. The highest BCUT2D eigenvalue weighted by atomic mass is 32.2. The number of amides is 2. The Morgan fingerprint density at radius 3 is 2.29 bits per heavy atom. The highest BCUT2D eigenvalue weighted by Gasteiger charge is 2.17. The molecule has 0 aromatic rings. The molecule has 21 heavy (non-hydrogen) atoms. The van der Waals surface area contributed by atoms with Gasteiger partial charge in [-0.2, -0.15) is 11.8 Å². The first-order valence-electron chi connectivity index (χ1n) is 7.27. The van der Waals surface area contributed by atoms with Gasteiger partial charge in [0.25, 0.3) is 0 Å². The standard InChI is InChI=1S/C14H26N2O4S/c1-4-16(5-2)13(18)7-6-9-21-10-8-12(14(19)20)15-11(3)17/h12H,4-10H2,1-3H3,(H,15,17)(H,19,20). The molecule has 122 valence electrons. The van der Waals surface area contributed by atoms with E-state index in [9.17, 15) is 14.4 Å². The van der Waals surface area contributed by atoms with Gasteiger partial charge in [-0.3, -0.25) is 9.59 Å². The molecule has 1 atom stereocenters. The molecule has 0 bridgehead atoms. The van der Waals surface area contributed by atoms with Crippen LogP contribution in [0.25, 0.3) is 0 Å². The Morgan fingerprint density at radius 1 is 1.19 bits per heavy atom. The number of rotatable bonds is 11. The monoisotopic (exact) mass is 318 g/mol. The molecule has 2 amide bonds. The van der Waals surface area contributed by atoms with Crippen LogP contribution in [0.15, 0.2) is 0 Å². The first-order valence-corrected chi connectivity index (χ1v) is 8.43. The molecule has 1 unspecified atom stereocenters. The van der Waals surface area contributed by atoms with Gasteiger partial charge in [0.15, 0.2) is 0 Å². The Morgan fingerprint density at radius 2 is 1.81 bits per heavy atom. The lowest BCUT2D eigenvalue weighted by molar-refractivity contribution is -0.141. The molecule has 0 aliphatic heterocycles. The third-order valence-corrected chi connectivity index (χ3v) is 4.12. The second kappa shape index (κ2) is 11.4. The minimum absolute atomic E-state index is 0.169. The van der Waals surface area contributed by atoms with Gasteiger partial charge in [0, 0.05) is 26.4 Å². The van der Waals surface area contributed by atoms with Crippen molar-refractivity contribution in [2.24, 2.45) is 0 Å². The SMILES string of the molecule is CCN(CC)C(=O)CCCSCCC(NC(C)=O)C(=O)O. The molecule has 0 heterocycles. The summed E-state index contributed by atoms with van der Waals surface area (Å²) >= 11 is 1.61. The minimum atomic E-state index is -1.01. The van der Waals surface area contributed by atoms with E-state index in [2.05, 4.69) is 5.32 Å². The summed E-state index contributed by atoms with van der Waals surface area (Å²) in [6.45, 7) is 6.70. The van der Waals surface area contributed by atoms with E-state index in [1.807, 2.05) is 18.7 Å². The number of carbonyl (C=O) groups excluding carboxylic acids is 2. The van der Waals surface area contributed by atoms with Crippen molar-refractivity contribution in [2.75, 3.05) is 24.6 Å². The fourth-order valence-electron chi connectivity index (χ4n) is 1.87. The van der Waals surface area contributed by atoms with Gasteiger partial charge in [-0.15, -0.1) is 0 Å². The van der Waals surface area contributed by atoms with Crippen molar-refractivity contribution < 1.29 is 19.5 Å². The summed E-state index contributed by atoms with van der Waals surface area (Å²) in [5, 5.41) is 11.3. The number of carbonyl (C=O) groups is 3. The number of carboxylic acids is 1. The van der Waals surface area contributed by atoms with Crippen LogP contribution in [-0.4, -0.2) is 58.4 Å². The van der Waals surface area contributed by atoms with E-state index >= 15 is 0 Å². The van der Waals surface area contributed by atoms with Crippen molar-refractivity contribution >= 4 is 29.5 Å². The second-order valence-electron chi connectivity index (χ2n) is 4.66. The van der Waals surface area contributed by atoms with Crippen LogP contribution in [0.4, 0.5) is 0 Å². The Kier molecular flexibility index (Phi) is 10.7. The van der Waals surface area contributed by atoms with Crippen molar-refractivity contribution in [3.8, 4) is 0 Å². The average molecular weight is 318 g/mol. The first kappa shape index (κ1) is 19.8. The van der Waals surface area contributed by atoms with Gasteiger partial charge in [0.1, 0.15) is 6.04 Å². The summed E-state index contributed by atoms with van der Waals surface area (Å²) in [5.41, 5.74) is 0. The molecule has 0 rings (SSSR count). The minimum Gasteiger partial charge on any atom is -0.480 e. The molecule has 0 aromatic carbocycles. The first-order chi connectivity index (χ1) is 9.92. The Bertz CT molecular complexity index is 346. The number of hydrogen-bond donors (Lipinski definition) is 2. The lowest BCUT2D eigenvalue weighted by Gasteiger charge is -2.18. The predicted octanol–water partition coefficient (Wildman–Crippen LogP) is 1.35. The topological polar surface area (TPSA) is 86.7 Å². The Balaban J connectivity index is 3.78. The highest BCUT2D eigenvalue weighted by molar-refractivity contribution is 7.99. The van der Waals surface area contributed by atoms with E-state index in [4.69, 9.17) is 5.11 Å². The van der Waals surface area contributed by atoms with Crippen molar-refractivity contribution in [2.45, 2.75) is 46.1 Å². The smallest absolute Gasteiger partial charge is 0.326 e. The van der Waals surface area contributed by atoms with Crippen LogP contribution < -0.4 is 5.32 Å². The number of hydrogen-bond acceptors (Lipinski definition) is 4. The fourth-order valence-corrected chi connectivity index (χ4v) is 2.82. The molecule has 0 aliphatic rings. The van der Waals surface area contributed by atoms with E-state index in [-0.39, 0.29) is 11.8 Å². The maximum absolute atomic E-state index is 11.7. The molecule has 0 aromatic heterocycles. The van der Waals surface area contributed by atoms with Crippen molar-refractivity contribution in [1.82, 2.24) is 10.2 Å². The van der Waals surface area contributed by atoms with Crippen LogP contribution in [0, 0.1) is 0 Å². The van der Waals surface area contributed by atoms with Gasteiger partial charge in [0.2, 0.25) is 11.8 Å². The van der Waals surface area contributed by atoms with Crippen LogP contribution in [0.3, 0.4) is 0 Å². The number of nitrogens with zero attached hydrogens (tertiary/aromatic N) is 1. The summed E-state index contributed by atoms with van der Waals surface area (Å²) in [6, 6.07) is -0.827. The zero-order valence-corrected chi connectivity index (χ0v) is 13.9.